The molecule has 0 saturated carbocycles. The van der Waals surface area contributed by atoms with Gasteiger partial charge in [-0.05, 0) is 36.4 Å². The first-order valence-corrected chi connectivity index (χ1v) is 11.9. The van der Waals surface area contributed by atoms with Crippen LogP contribution < -0.4 is 4.90 Å². The number of nitrogens with one attached hydrogen (secondary N) is 1. The fraction of sp³-hybridized carbons (Fsp3) is 0.172. The Kier molecular flexibility index (Phi) is 7.57. The van der Waals surface area contributed by atoms with E-state index in [0.717, 1.165) is 5.56 Å². The minimum absolute atomic E-state index is 0.0724. The number of aromatic amines is 1. The molecule has 194 valence electrons. The first kappa shape index (κ1) is 26.2. The summed E-state index contributed by atoms with van der Waals surface area (Å²) in [6, 6.07) is 21.3. The summed E-state index contributed by atoms with van der Waals surface area (Å²) in [4.78, 5) is 47.0. The SMILES string of the molecule is COC(=O)c1ccc2c(C(=Nc3ccc(N(CC(=O)N(C)C)C(C)=O)cc3)c3ccccc3)c(O)[nH]c2c1. The van der Waals surface area contributed by atoms with Crippen LogP contribution in [-0.4, -0.2) is 66.2 Å². The summed E-state index contributed by atoms with van der Waals surface area (Å²) in [7, 11) is 4.59. The number of benzene rings is 3. The number of carbonyl (C=O) groups excluding carboxylic acids is 3. The molecule has 1 aromatic heterocycles. The van der Waals surface area contributed by atoms with E-state index in [1.807, 2.05) is 30.3 Å². The molecule has 0 unspecified atom stereocenters. The number of aliphatic imine (C=N–C) groups is 1. The second kappa shape index (κ2) is 11.0. The van der Waals surface area contributed by atoms with Crippen LogP contribution in [0.1, 0.15) is 28.4 Å². The zero-order valence-electron chi connectivity index (χ0n) is 21.6. The number of nitrogens with zero attached hydrogens (tertiary/aromatic N) is 3. The van der Waals surface area contributed by atoms with E-state index in [2.05, 4.69) is 4.98 Å². The van der Waals surface area contributed by atoms with Crippen molar-refractivity contribution in [2.75, 3.05) is 32.6 Å². The zero-order chi connectivity index (χ0) is 27.4. The highest BCUT2D eigenvalue weighted by Crippen LogP contribution is 2.32. The summed E-state index contributed by atoms with van der Waals surface area (Å²) in [6.45, 7) is 1.34. The van der Waals surface area contributed by atoms with Gasteiger partial charge in [0.2, 0.25) is 11.8 Å². The molecule has 2 amide bonds. The molecule has 0 radical (unpaired) electrons. The lowest BCUT2D eigenvalue weighted by Crippen LogP contribution is -2.39. The third kappa shape index (κ3) is 5.41. The number of hydrogen-bond acceptors (Lipinski definition) is 6. The highest BCUT2D eigenvalue weighted by atomic mass is 16.5. The van der Waals surface area contributed by atoms with Crippen molar-refractivity contribution in [2.24, 2.45) is 4.99 Å². The number of H-pyrrole nitrogens is 1. The van der Waals surface area contributed by atoms with E-state index in [9.17, 15) is 19.5 Å². The van der Waals surface area contributed by atoms with Crippen molar-refractivity contribution in [3.8, 4) is 5.88 Å². The molecule has 0 spiro atoms. The molecule has 0 aliphatic heterocycles. The fourth-order valence-electron chi connectivity index (χ4n) is 4.03. The number of esters is 1. The van der Waals surface area contributed by atoms with Crippen molar-refractivity contribution in [3.63, 3.8) is 0 Å². The molecule has 0 bridgehead atoms. The second-order valence-corrected chi connectivity index (χ2v) is 8.84. The lowest BCUT2D eigenvalue weighted by molar-refractivity contribution is -0.129. The molecule has 3 aromatic carbocycles. The van der Waals surface area contributed by atoms with Crippen molar-refractivity contribution in [3.05, 3.63) is 89.5 Å². The van der Waals surface area contributed by atoms with E-state index >= 15 is 0 Å². The summed E-state index contributed by atoms with van der Waals surface area (Å²) in [6.07, 6.45) is 0. The van der Waals surface area contributed by atoms with Gasteiger partial charge in [0.05, 0.1) is 29.6 Å². The first-order chi connectivity index (χ1) is 18.2. The summed E-state index contributed by atoms with van der Waals surface area (Å²) in [5.74, 6) is -1.02. The quantitative estimate of drug-likeness (QED) is 0.283. The van der Waals surface area contributed by atoms with Gasteiger partial charge in [-0.25, -0.2) is 9.79 Å². The van der Waals surface area contributed by atoms with Gasteiger partial charge in [-0.15, -0.1) is 0 Å². The Morgan fingerprint density at radius 3 is 2.24 bits per heavy atom. The van der Waals surface area contributed by atoms with E-state index in [4.69, 9.17) is 9.73 Å². The van der Waals surface area contributed by atoms with Crippen LogP contribution in [0.4, 0.5) is 11.4 Å². The van der Waals surface area contributed by atoms with Gasteiger partial charge in [0.15, 0.2) is 5.88 Å². The molecule has 38 heavy (non-hydrogen) atoms. The molecule has 9 heteroatoms. The first-order valence-electron chi connectivity index (χ1n) is 11.9. The van der Waals surface area contributed by atoms with E-state index in [-0.39, 0.29) is 24.2 Å². The highest BCUT2D eigenvalue weighted by molar-refractivity contribution is 6.22. The van der Waals surface area contributed by atoms with Crippen molar-refractivity contribution in [1.29, 1.82) is 0 Å². The summed E-state index contributed by atoms with van der Waals surface area (Å²) >= 11 is 0. The number of aromatic nitrogens is 1. The van der Waals surface area contributed by atoms with Gasteiger partial charge in [0.25, 0.3) is 0 Å². The lowest BCUT2D eigenvalue weighted by Gasteiger charge is -2.22. The summed E-state index contributed by atoms with van der Waals surface area (Å²) in [5, 5.41) is 11.6. The van der Waals surface area contributed by atoms with Crippen molar-refractivity contribution in [1.82, 2.24) is 9.88 Å². The van der Waals surface area contributed by atoms with Gasteiger partial charge in [-0.1, -0.05) is 36.4 Å². The molecule has 9 nitrogen and oxygen atoms in total. The monoisotopic (exact) mass is 512 g/mol. The minimum atomic E-state index is -0.480. The summed E-state index contributed by atoms with van der Waals surface area (Å²) in [5.41, 5.74) is 3.82. The topological polar surface area (TPSA) is 115 Å². The Morgan fingerprint density at radius 1 is 0.947 bits per heavy atom. The van der Waals surface area contributed by atoms with Crippen LogP contribution in [0.5, 0.6) is 5.88 Å². The number of methoxy groups -OCH3 is 1. The average molecular weight is 513 g/mol. The van der Waals surface area contributed by atoms with Crippen LogP contribution in [0.25, 0.3) is 10.9 Å². The maximum Gasteiger partial charge on any atom is 0.337 e. The van der Waals surface area contributed by atoms with Crippen LogP contribution in [0.2, 0.25) is 0 Å². The number of anilines is 1. The Morgan fingerprint density at radius 2 is 1.63 bits per heavy atom. The number of fused-ring (bicyclic) bond motifs is 1. The van der Waals surface area contributed by atoms with E-state index in [1.165, 1.54) is 23.8 Å². The van der Waals surface area contributed by atoms with Gasteiger partial charge in [0.1, 0.15) is 6.54 Å². The number of likely N-dealkylation sites (N-methyl/N-ethyl adjacent to an activating group) is 1. The van der Waals surface area contributed by atoms with E-state index < -0.39 is 5.97 Å². The number of hydrogen-bond donors (Lipinski definition) is 2. The Bertz CT molecular complexity index is 1520. The van der Waals surface area contributed by atoms with Crippen LogP contribution >= 0.6 is 0 Å². The molecule has 0 fully saturated rings. The Balaban J connectivity index is 1.78. The van der Waals surface area contributed by atoms with Crippen LogP contribution in [0.15, 0.2) is 77.8 Å². The van der Waals surface area contributed by atoms with Crippen molar-refractivity contribution >= 4 is 45.8 Å². The van der Waals surface area contributed by atoms with Gasteiger partial charge in [-0.3, -0.25) is 9.59 Å². The molecule has 4 aromatic rings. The Labute approximate surface area is 220 Å². The van der Waals surface area contributed by atoms with Gasteiger partial charge < -0.3 is 24.6 Å². The molecule has 0 saturated heterocycles. The molecule has 1 heterocycles. The molecule has 0 aliphatic carbocycles. The molecule has 4 rings (SSSR count). The van der Waals surface area contributed by atoms with Crippen LogP contribution in [0, 0.1) is 0 Å². The molecular weight excluding hydrogens is 484 g/mol. The van der Waals surface area contributed by atoms with Gasteiger partial charge in [0, 0.05) is 43.2 Å². The molecule has 2 N–H and O–H groups in total. The standard InChI is InChI=1S/C29H28N4O5/c1-18(34)33(17-25(35)32(2)3)22-13-11-21(12-14-22)30-27(19-8-6-5-7-9-19)26-23-15-10-20(29(37)38-4)16-24(23)31-28(26)36/h5-16,31,36H,17H2,1-4H3. The number of carbonyl (C=O) groups is 3. The third-order valence-corrected chi connectivity index (χ3v) is 6.06. The summed E-state index contributed by atoms with van der Waals surface area (Å²) < 4.78 is 4.81. The third-order valence-electron chi connectivity index (χ3n) is 6.06. The maximum atomic E-state index is 12.2. The van der Waals surface area contributed by atoms with E-state index in [1.54, 1.807) is 56.6 Å². The predicted molar refractivity (Wildman–Crippen MR) is 146 cm³/mol. The largest absolute Gasteiger partial charge is 0.494 e. The minimum Gasteiger partial charge on any atom is -0.494 e. The van der Waals surface area contributed by atoms with Crippen LogP contribution in [-0.2, 0) is 14.3 Å². The second-order valence-electron chi connectivity index (χ2n) is 8.84. The average Bonchev–Trinajstić information content (AvgIpc) is 3.25. The number of ether oxygens (including phenoxy) is 1. The maximum absolute atomic E-state index is 12.2. The number of rotatable bonds is 7. The molecule has 0 aliphatic rings. The van der Waals surface area contributed by atoms with Crippen LogP contribution in [0.3, 0.4) is 0 Å². The fourth-order valence-corrected chi connectivity index (χ4v) is 4.03. The van der Waals surface area contributed by atoms with Gasteiger partial charge in [-0.2, -0.15) is 0 Å². The highest BCUT2D eigenvalue weighted by Gasteiger charge is 2.21. The zero-order valence-corrected chi connectivity index (χ0v) is 21.6. The van der Waals surface area contributed by atoms with Crippen molar-refractivity contribution in [2.45, 2.75) is 6.92 Å². The van der Waals surface area contributed by atoms with Gasteiger partial charge >= 0.3 is 5.97 Å². The molecule has 0 atom stereocenters. The van der Waals surface area contributed by atoms with Crippen molar-refractivity contribution < 1.29 is 24.2 Å². The van der Waals surface area contributed by atoms with E-state index in [0.29, 0.717) is 39.1 Å². The predicted octanol–water partition coefficient (Wildman–Crippen LogP) is 4.27. The number of amides is 2. The number of aromatic hydroxyl groups is 1. The smallest absolute Gasteiger partial charge is 0.337 e. The Hall–Kier alpha value is -4.92. The normalized spacial score (nSPS) is 11.3. The lowest BCUT2D eigenvalue weighted by atomic mass is 10.00. The molecular formula is C29H28N4O5.